The van der Waals surface area contributed by atoms with Gasteiger partial charge in [0.2, 0.25) is 0 Å². The molecule has 0 heterocycles. The fourth-order valence-electron chi connectivity index (χ4n) is 4.09. The molecule has 0 aliphatic carbocycles. The minimum Gasteiger partial charge on any atom is -0.494 e. The number of rotatable bonds is 15. The fourth-order valence-corrected chi connectivity index (χ4v) is 4.09. The van der Waals surface area contributed by atoms with Crippen LogP contribution in [-0.2, 0) is 9.53 Å². The van der Waals surface area contributed by atoms with E-state index in [0.717, 1.165) is 37.3 Å². The van der Waals surface area contributed by atoms with Crippen LogP contribution >= 0.6 is 0 Å². The Labute approximate surface area is 267 Å². The van der Waals surface area contributed by atoms with Gasteiger partial charge in [0.05, 0.1) is 29.9 Å². The van der Waals surface area contributed by atoms with Gasteiger partial charge in [0.25, 0.3) is 0 Å². The molecule has 236 valence electrons. The topological polar surface area (TPSA) is 114 Å². The smallest absolute Gasteiger partial charge is 0.343 e. The third-order valence-corrected chi connectivity index (χ3v) is 6.64. The molecule has 0 N–H and O–H groups in total. The zero-order valence-electron chi connectivity index (χ0n) is 25.4. The predicted octanol–water partition coefficient (Wildman–Crippen LogP) is 7.32. The largest absolute Gasteiger partial charge is 0.494 e. The average Bonchev–Trinajstić information content (AvgIpc) is 3.07. The summed E-state index contributed by atoms with van der Waals surface area (Å²) in [4.78, 5) is 48.5. The lowest BCUT2D eigenvalue weighted by atomic mass is 10.1. The number of hydrogen-bond acceptors (Lipinski definition) is 9. The van der Waals surface area contributed by atoms with Crippen LogP contribution in [0.3, 0.4) is 0 Å². The van der Waals surface area contributed by atoms with Gasteiger partial charge in [-0.3, -0.25) is 0 Å². The Hall–Kier alpha value is -5.70. The number of benzene rings is 4. The maximum atomic E-state index is 12.6. The molecule has 0 saturated carbocycles. The third kappa shape index (κ3) is 10.5. The fraction of sp³-hybridized carbons (Fsp3) is 0.189. The second-order valence-corrected chi connectivity index (χ2v) is 10.2. The minimum atomic E-state index is -0.605. The summed E-state index contributed by atoms with van der Waals surface area (Å²) >= 11 is 0. The van der Waals surface area contributed by atoms with E-state index in [4.69, 9.17) is 23.7 Å². The summed E-state index contributed by atoms with van der Waals surface area (Å²) in [5.41, 5.74) is 2.07. The van der Waals surface area contributed by atoms with Crippen molar-refractivity contribution in [2.75, 3.05) is 13.2 Å². The van der Waals surface area contributed by atoms with Crippen LogP contribution < -0.4 is 18.9 Å². The van der Waals surface area contributed by atoms with E-state index >= 15 is 0 Å². The van der Waals surface area contributed by atoms with E-state index in [1.807, 2.05) is 19.1 Å². The molecule has 0 aromatic heterocycles. The van der Waals surface area contributed by atoms with Crippen LogP contribution in [0.15, 0.2) is 110 Å². The van der Waals surface area contributed by atoms with Crippen molar-refractivity contribution in [1.82, 2.24) is 0 Å². The SMILES string of the molecule is C=CC(=O)OCCCCCCOc1ccc(C(=O)Oc2ccc(C(=O)Oc3ccc(OC(=O)c4ccc(C)cc4)cc3)cc2)cc1. The van der Waals surface area contributed by atoms with Crippen LogP contribution in [0.25, 0.3) is 0 Å². The first-order valence-electron chi connectivity index (χ1n) is 14.8. The lowest BCUT2D eigenvalue weighted by molar-refractivity contribution is -0.137. The van der Waals surface area contributed by atoms with Gasteiger partial charge in [-0.15, -0.1) is 0 Å². The van der Waals surface area contributed by atoms with Gasteiger partial charge in [-0.25, -0.2) is 19.2 Å². The van der Waals surface area contributed by atoms with Crippen molar-refractivity contribution < 1.29 is 42.9 Å². The van der Waals surface area contributed by atoms with Gasteiger partial charge in [-0.05, 0) is 118 Å². The monoisotopic (exact) mass is 622 g/mol. The molecule has 0 atom stereocenters. The Bertz CT molecular complexity index is 1620. The second-order valence-electron chi connectivity index (χ2n) is 10.2. The number of carbonyl (C=O) groups is 4. The maximum Gasteiger partial charge on any atom is 0.343 e. The highest BCUT2D eigenvalue weighted by Gasteiger charge is 2.13. The summed E-state index contributed by atoms with van der Waals surface area (Å²) in [6.07, 6.45) is 4.64. The number of carbonyl (C=O) groups excluding carboxylic acids is 4. The molecule has 4 aromatic rings. The Morgan fingerprint density at radius 1 is 0.522 bits per heavy atom. The Kier molecular flexibility index (Phi) is 12.2. The summed E-state index contributed by atoms with van der Waals surface area (Å²) in [6, 6.07) is 25.8. The zero-order valence-corrected chi connectivity index (χ0v) is 25.4. The second kappa shape index (κ2) is 17.0. The highest BCUT2D eigenvalue weighted by Crippen LogP contribution is 2.22. The van der Waals surface area contributed by atoms with E-state index in [9.17, 15) is 19.2 Å². The summed E-state index contributed by atoms with van der Waals surface area (Å²) in [5.74, 6) is -0.571. The summed E-state index contributed by atoms with van der Waals surface area (Å²) in [5, 5.41) is 0. The highest BCUT2D eigenvalue weighted by molar-refractivity contribution is 5.93. The predicted molar refractivity (Wildman–Crippen MR) is 170 cm³/mol. The van der Waals surface area contributed by atoms with E-state index < -0.39 is 23.9 Å². The summed E-state index contributed by atoms with van der Waals surface area (Å²) in [7, 11) is 0. The molecule has 9 nitrogen and oxygen atoms in total. The van der Waals surface area contributed by atoms with E-state index in [2.05, 4.69) is 6.58 Å². The van der Waals surface area contributed by atoms with Gasteiger partial charge in [0, 0.05) is 6.08 Å². The normalized spacial score (nSPS) is 10.4. The average molecular weight is 623 g/mol. The van der Waals surface area contributed by atoms with Crippen molar-refractivity contribution in [1.29, 1.82) is 0 Å². The first kappa shape index (κ1) is 33.2. The number of hydrogen-bond donors (Lipinski definition) is 0. The summed E-state index contributed by atoms with van der Waals surface area (Å²) < 4.78 is 26.9. The number of ether oxygens (including phenoxy) is 5. The molecule has 46 heavy (non-hydrogen) atoms. The maximum absolute atomic E-state index is 12.6. The lowest BCUT2D eigenvalue weighted by Gasteiger charge is -2.09. The standard InChI is InChI=1S/C37H34O9/c1-3-34(38)43-25-7-5-4-6-24-42-30-16-12-28(13-17-30)36(40)44-31-18-14-29(15-19-31)37(41)46-33-22-20-32(21-23-33)45-35(39)27-10-8-26(2)9-11-27/h3,8-23H,1,4-7,24-25H2,2H3. The summed E-state index contributed by atoms with van der Waals surface area (Å²) in [6.45, 7) is 6.20. The van der Waals surface area contributed by atoms with Crippen molar-refractivity contribution in [3.8, 4) is 23.0 Å². The van der Waals surface area contributed by atoms with Crippen LogP contribution in [-0.4, -0.2) is 37.1 Å². The van der Waals surface area contributed by atoms with Gasteiger partial charge < -0.3 is 23.7 Å². The lowest BCUT2D eigenvalue weighted by Crippen LogP contribution is -2.10. The molecule has 0 saturated heterocycles. The molecular weight excluding hydrogens is 588 g/mol. The van der Waals surface area contributed by atoms with Gasteiger partial charge >= 0.3 is 23.9 Å². The Balaban J connectivity index is 1.18. The van der Waals surface area contributed by atoms with E-state index in [0.29, 0.717) is 35.8 Å². The molecule has 4 aromatic carbocycles. The highest BCUT2D eigenvalue weighted by atomic mass is 16.5. The van der Waals surface area contributed by atoms with Crippen molar-refractivity contribution >= 4 is 23.9 Å². The first-order valence-corrected chi connectivity index (χ1v) is 14.8. The quantitative estimate of drug-likeness (QED) is 0.0582. The Morgan fingerprint density at radius 2 is 0.891 bits per heavy atom. The molecule has 0 aliphatic rings. The molecule has 0 radical (unpaired) electrons. The van der Waals surface area contributed by atoms with Gasteiger partial charge in [0.15, 0.2) is 0 Å². The van der Waals surface area contributed by atoms with Crippen LogP contribution in [0, 0.1) is 6.92 Å². The van der Waals surface area contributed by atoms with E-state index in [-0.39, 0.29) is 17.1 Å². The van der Waals surface area contributed by atoms with Crippen molar-refractivity contribution in [3.05, 3.63) is 132 Å². The van der Waals surface area contributed by atoms with E-state index in [1.54, 1.807) is 36.4 Å². The zero-order chi connectivity index (χ0) is 32.7. The number of esters is 4. The molecule has 0 fully saturated rings. The third-order valence-electron chi connectivity index (χ3n) is 6.64. The molecule has 0 spiro atoms. The molecule has 0 unspecified atom stereocenters. The molecule has 9 heteroatoms. The number of aryl methyl sites for hydroxylation is 1. The van der Waals surface area contributed by atoms with E-state index in [1.165, 1.54) is 48.5 Å². The van der Waals surface area contributed by atoms with Gasteiger partial charge in [-0.1, -0.05) is 24.3 Å². The molecule has 4 rings (SSSR count). The molecule has 0 bridgehead atoms. The molecule has 0 amide bonds. The van der Waals surface area contributed by atoms with Crippen molar-refractivity contribution in [2.24, 2.45) is 0 Å². The Morgan fingerprint density at radius 3 is 1.33 bits per heavy atom. The van der Waals surface area contributed by atoms with Crippen LogP contribution in [0.1, 0.15) is 62.3 Å². The molecular formula is C37H34O9. The number of unbranched alkanes of at least 4 members (excludes halogenated alkanes) is 3. The van der Waals surface area contributed by atoms with Crippen LogP contribution in [0.5, 0.6) is 23.0 Å². The van der Waals surface area contributed by atoms with Crippen LogP contribution in [0.2, 0.25) is 0 Å². The molecule has 0 aliphatic heterocycles. The minimum absolute atomic E-state index is 0.257. The van der Waals surface area contributed by atoms with Crippen molar-refractivity contribution in [2.45, 2.75) is 32.6 Å². The van der Waals surface area contributed by atoms with Gasteiger partial charge in [0.1, 0.15) is 23.0 Å². The van der Waals surface area contributed by atoms with Crippen LogP contribution in [0.4, 0.5) is 0 Å². The van der Waals surface area contributed by atoms with Crippen molar-refractivity contribution in [3.63, 3.8) is 0 Å². The van der Waals surface area contributed by atoms with Gasteiger partial charge in [-0.2, -0.15) is 0 Å². The first-order chi connectivity index (χ1) is 22.3.